The van der Waals surface area contributed by atoms with Crippen molar-refractivity contribution < 1.29 is 0 Å². The summed E-state index contributed by atoms with van der Waals surface area (Å²) in [6.07, 6.45) is 2.15. The normalized spacial score (nSPS) is 20.4. The van der Waals surface area contributed by atoms with Gasteiger partial charge in [-0.2, -0.15) is 5.10 Å². The number of hydrogen-bond acceptors (Lipinski definition) is 3. The van der Waals surface area contributed by atoms with E-state index in [4.69, 9.17) is 16.7 Å². The van der Waals surface area contributed by atoms with Gasteiger partial charge in [-0.05, 0) is 36.4 Å². The minimum atomic E-state index is 0.142. The van der Waals surface area contributed by atoms with Crippen LogP contribution >= 0.6 is 23.4 Å². The third-order valence-corrected chi connectivity index (χ3v) is 7.24. The number of anilines is 1. The van der Waals surface area contributed by atoms with E-state index in [9.17, 15) is 0 Å². The van der Waals surface area contributed by atoms with Crippen molar-refractivity contribution >= 4 is 45.7 Å². The monoisotopic (exact) mass is 415 g/mol. The summed E-state index contributed by atoms with van der Waals surface area (Å²) in [4.78, 5) is 4.72. The molecule has 1 N–H and O–H groups in total. The molecule has 2 aliphatic heterocycles. The number of halogens is 1. The smallest absolute Gasteiger partial charge is 0.0888 e. The highest BCUT2D eigenvalue weighted by molar-refractivity contribution is 7.99. The Labute approximate surface area is 178 Å². The maximum atomic E-state index is 6.35. The van der Waals surface area contributed by atoms with Crippen LogP contribution in [0.3, 0.4) is 0 Å². The average Bonchev–Trinajstić information content (AvgIpc) is 3.35. The number of nitrogens with one attached hydrogen (secondary N) is 1. The third kappa shape index (κ3) is 2.70. The molecule has 4 aromatic rings. The molecule has 3 heterocycles. The lowest BCUT2D eigenvalue weighted by Gasteiger charge is -2.30. The molecular formula is C24H18ClN3S. The fraction of sp³-hybridized carbons (Fsp3) is 0.125. The van der Waals surface area contributed by atoms with Crippen molar-refractivity contribution in [2.24, 2.45) is 11.0 Å². The number of para-hydroxylation sites is 2. The quantitative estimate of drug-likeness (QED) is 0.404. The van der Waals surface area contributed by atoms with Crippen LogP contribution in [-0.2, 0) is 0 Å². The van der Waals surface area contributed by atoms with Gasteiger partial charge < -0.3 is 4.98 Å². The van der Waals surface area contributed by atoms with Crippen LogP contribution in [0.15, 0.2) is 89.0 Å². The molecule has 29 heavy (non-hydrogen) atoms. The van der Waals surface area contributed by atoms with E-state index < -0.39 is 0 Å². The second-order valence-corrected chi connectivity index (χ2v) is 8.96. The molecule has 142 valence electrons. The molecule has 0 aliphatic carbocycles. The summed E-state index contributed by atoms with van der Waals surface area (Å²) in [6, 6.07) is 25.3. The Morgan fingerprint density at radius 2 is 1.83 bits per heavy atom. The van der Waals surface area contributed by atoms with Crippen LogP contribution in [0.4, 0.5) is 5.69 Å². The van der Waals surface area contributed by atoms with Gasteiger partial charge >= 0.3 is 0 Å². The topological polar surface area (TPSA) is 31.4 Å². The number of hydrazone groups is 1. The summed E-state index contributed by atoms with van der Waals surface area (Å²) >= 11 is 8.25. The summed E-state index contributed by atoms with van der Waals surface area (Å²) in [5.74, 6) is 1.30. The van der Waals surface area contributed by atoms with Crippen molar-refractivity contribution in [1.82, 2.24) is 4.98 Å². The molecule has 2 aliphatic rings. The van der Waals surface area contributed by atoms with E-state index in [0.717, 1.165) is 27.7 Å². The number of hydrogen-bond donors (Lipinski definition) is 1. The summed E-state index contributed by atoms with van der Waals surface area (Å²) in [5.41, 5.74) is 5.87. The van der Waals surface area contributed by atoms with E-state index >= 15 is 0 Å². The minimum Gasteiger partial charge on any atom is -0.361 e. The molecule has 0 saturated heterocycles. The summed E-state index contributed by atoms with van der Waals surface area (Å²) in [5, 5.41) is 9.39. The van der Waals surface area contributed by atoms with Gasteiger partial charge in [0.1, 0.15) is 0 Å². The SMILES string of the molecule is Clc1ccc2c(c1)C1=NN(c3ccccc3)C(c3c[nH]c4ccccc34)C1CS2. The lowest BCUT2D eigenvalue weighted by atomic mass is 9.87. The second-order valence-electron chi connectivity index (χ2n) is 7.46. The Morgan fingerprint density at radius 3 is 2.72 bits per heavy atom. The van der Waals surface area contributed by atoms with Crippen LogP contribution in [0.2, 0.25) is 5.02 Å². The first-order valence-electron chi connectivity index (χ1n) is 9.71. The van der Waals surface area contributed by atoms with Gasteiger partial charge in [0.05, 0.1) is 17.4 Å². The van der Waals surface area contributed by atoms with Crippen LogP contribution in [0.25, 0.3) is 10.9 Å². The molecule has 6 rings (SSSR count). The number of rotatable bonds is 2. The van der Waals surface area contributed by atoms with Crippen molar-refractivity contribution in [2.45, 2.75) is 10.9 Å². The van der Waals surface area contributed by atoms with Gasteiger partial charge in [-0.25, -0.2) is 0 Å². The van der Waals surface area contributed by atoms with Gasteiger partial charge in [-0.3, -0.25) is 5.01 Å². The van der Waals surface area contributed by atoms with Crippen LogP contribution in [0.1, 0.15) is 17.2 Å². The second kappa shape index (κ2) is 6.68. The molecule has 0 spiro atoms. The molecule has 2 atom stereocenters. The van der Waals surface area contributed by atoms with E-state index in [2.05, 4.69) is 76.9 Å². The standard InChI is InChI=1S/C24H18ClN3S/c25-15-10-11-22-18(12-15)23-20(14-29-22)24(28(27-23)16-6-2-1-3-7-16)19-13-26-21-9-5-4-8-17(19)21/h1-13,20,24,26H,14H2. The molecule has 2 unspecified atom stereocenters. The number of benzene rings is 3. The van der Waals surface area contributed by atoms with Crippen molar-refractivity contribution in [2.75, 3.05) is 10.8 Å². The van der Waals surface area contributed by atoms with E-state index in [0.29, 0.717) is 5.92 Å². The van der Waals surface area contributed by atoms with Gasteiger partial charge in [0.15, 0.2) is 0 Å². The van der Waals surface area contributed by atoms with Crippen LogP contribution in [0, 0.1) is 5.92 Å². The molecule has 5 heteroatoms. The molecule has 3 nitrogen and oxygen atoms in total. The Kier molecular flexibility index (Phi) is 3.96. The lowest BCUT2D eigenvalue weighted by Crippen LogP contribution is -2.29. The summed E-state index contributed by atoms with van der Waals surface area (Å²) < 4.78 is 0. The fourth-order valence-electron chi connectivity index (χ4n) is 4.49. The molecule has 0 fully saturated rings. The molecule has 0 amide bonds. The van der Waals surface area contributed by atoms with Gasteiger partial charge in [0, 0.05) is 49.8 Å². The zero-order valence-corrected chi connectivity index (χ0v) is 17.1. The van der Waals surface area contributed by atoms with Gasteiger partial charge in [-0.15, -0.1) is 11.8 Å². The van der Waals surface area contributed by atoms with Crippen LogP contribution < -0.4 is 5.01 Å². The first-order chi connectivity index (χ1) is 14.3. The van der Waals surface area contributed by atoms with Gasteiger partial charge in [0.2, 0.25) is 0 Å². The zero-order chi connectivity index (χ0) is 19.4. The maximum Gasteiger partial charge on any atom is 0.0888 e. The van der Waals surface area contributed by atoms with Gasteiger partial charge in [0.25, 0.3) is 0 Å². The van der Waals surface area contributed by atoms with Crippen molar-refractivity contribution in [1.29, 1.82) is 0 Å². The average molecular weight is 416 g/mol. The van der Waals surface area contributed by atoms with Gasteiger partial charge in [-0.1, -0.05) is 48.0 Å². The molecule has 0 bridgehead atoms. The number of nitrogens with zero attached hydrogens (tertiary/aromatic N) is 2. The Balaban J connectivity index is 1.55. The molecule has 3 aromatic carbocycles. The highest BCUT2D eigenvalue weighted by atomic mass is 35.5. The molecular weight excluding hydrogens is 398 g/mol. The number of H-pyrrole nitrogens is 1. The van der Waals surface area contributed by atoms with Crippen LogP contribution in [0.5, 0.6) is 0 Å². The number of aromatic amines is 1. The Morgan fingerprint density at radius 1 is 1.00 bits per heavy atom. The van der Waals surface area contributed by atoms with E-state index in [-0.39, 0.29) is 6.04 Å². The summed E-state index contributed by atoms with van der Waals surface area (Å²) in [7, 11) is 0. The molecule has 1 aromatic heterocycles. The van der Waals surface area contributed by atoms with Crippen LogP contribution in [-0.4, -0.2) is 16.4 Å². The Bertz CT molecular complexity index is 1250. The lowest BCUT2D eigenvalue weighted by molar-refractivity contribution is 0.597. The number of aromatic nitrogens is 1. The first-order valence-corrected chi connectivity index (χ1v) is 11.1. The maximum absolute atomic E-state index is 6.35. The highest BCUT2D eigenvalue weighted by Gasteiger charge is 2.43. The van der Waals surface area contributed by atoms with E-state index in [1.807, 2.05) is 23.9 Å². The van der Waals surface area contributed by atoms with Crippen molar-refractivity contribution in [3.63, 3.8) is 0 Å². The zero-order valence-electron chi connectivity index (χ0n) is 15.5. The number of fused-ring (bicyclic) bond motifs is 4. The first kappa shape index (κ1) is 17.2. The van der Waals surface area contributed by atoms with E-state index in [1.165, 1.54) is 21.4 Å². The van der Waals surface area contributed by atoms with E-state index in [1.54, 1.807) is 0 Å². The predicted molar refractivity (Wildman–Crippen MR) is 122 cm³/mol. The third-order valence-electron chi connectivity index (χ3n) is 5.81. The Hall–Kier alpha value is -2.69. The minimum absolute atomic E-state index is 0.142. The highest BCUT2D eigenvalue weighted by Crippen LogP contribution is 2.48. The molecule has 0 saturated carbocycles. The largest absolute Gasteiger partial charge is 0.361 e. The predicted octanol–water partition coefficient (Wildman–Crippen LogP) is 6.51. The van der Waals surface area contributed by atoms with Crippen molar-refractivity contribution in [3.05, 3.63) is 95.1 Å². The van der Waals surface area contributed by atoms with Crippen molar-refractivity contribution in [3.8, 4) is 0 Å². The fourth-order valence-corrected chi connectivity index (χ4v) is 5.84. The molecule has 0 radical (unpaired) electrons. The summed E-state index contributed by atoms with van der Waals surface area (Å²) in [6.45, 7) is 0. The number of thioether (sulfide) groups is 1.